The zero-order valence-corrected chi connectivity index (χ0v) is 22.7. The molecule has 0 saturated carbocycles. The number of hydrogen-bond acceptors (Lipinski definition) is 4. The first-order valence-electron chi connectivity index (χ1n) is 13.7. The Morgan fingerprint density at radius 1 is 0.844 bits per heavy atom. The molecule has 0 aromatic rings. The van der Waals surface area contributed by atoms with Crippen LogP contribution in [0.5, 0.6) is 0 Å². The molecule has 1 rings (SSSR count). The fraction of sp³-hybridized carbons (Fsp3) is 1.00. The van der Waals surface area contributed by atoms with E-state index in [1.54, 1.807) is 0 Å². The number of rotatable bonds is 20. The molecule has 1 aliphatic rings. The summed E-state index contributed by atoms with van der Waals surface area (Å²) in [6.45, 7) is 10.1. The van der Waals surface area contributed by atoms with Crippen molar-refractivity contribution in [3.05, 3.63) is 0 Å². The molecule has 0 aromatic heterocycles. The largest absolute Gasteiger partial charge is 0.756 e. The first kappa shape index (κ1) is 30.1. The molecule has 1 fully saturated rings. The highest BCUT2D eigenvalue weighted by Crippen LogP contribution is 2.42. The van der Waals surface area contributed by atoms with Gasteiger partial charge in [-0.3, -0.25) is 4.57 Å². The van der Waals surface area contributed by atoms with E-state index in [-0.39, 0.29) is 12.7 Å². The predicted molar refractivity (Wildman–Crippen MR) is 134 cm³/mol. The van der Waals surface area contributed by atoms with Crippen LogP contribution in [0.25, 0.3) is 0 Å². The Kier molecular flexibility index (Phi) is 16.5. The summed E-state index contributed by atoms with van der Waals surface area (Å²) in [5.41, 5.74) is 0. The van der Waals surface area contributed by atoms with Gasteiger partial charge in [0.2, 0.25) is 0 Å². The molecule has 0 bridgehead atoms. The SMILES string of the molecule is CCCCCCCCCCCCCCCCOP(=O)([O-])OC1CC[N+](C)(CC(C)C)CC1. The number of phosphoric acid groups is 1. The molecule has 192 valence electrons. The molecule has 6 heteroatoms. The summed E-state index contributed by atoms with van der Waals surface area (Å²) in [5.74, 6) is 0.650. The Hall–Kier alpha value is 0.0700. The van der Waals surface area contributed by atoms with Crippen molar-refractivity contribution in [2.45, 2.75) is 130 Å². The summed E-state index contributed by atoms with van der Waals surface area (Å²) in [4.78, 5) is 12.2. The number of quaternary nitrogens is 1. The van der Waals surface area contributed by atoms with Crippen molar-refractivity contribution in [3.63, 3.8) is 0 Å². The lowest BCUT2D eigenvalue weighted by atomic mass is 10.0. The van der Waals surface area contributed by atoms with Crippen molar-refractivity contribution < 1.29 is 23.0 Å². The predicted octanol–water partition coefficient (Wildman–Crippen LogP) is 7.23. The Morgan fingerprint density at radius 2 is 1.28 bits per heavy atom. The fourth-order valence-electron chi connectivity index (χ4n) is 5.02. The Labute approximate surface area is 199 Å². The van der Waals surface area contributed by atoms with E-state index in [9.17, 15) is 9.46 Å². The number of phosphoric ester groups is 1. The van der Waals surface area contributed by atoms with Gasteiger partial charge in [-0.15, -0.1) is 0 Å². The second-order valence-electron chi connectivity index (χ2n) is 10.8. The minimum absolute atomic E-state index is 0.215. The summed E-state index contributed by atoms with van der Waals surface area (Å²) >= 11 is 0. The van der Waals surface area contributed by atoms with Gasteiger partial charge in [0.1, 0.15) is 0 Å². The van der Waals surface area contributed by atoms with Crippen molar-refractivity contribution in [2.24, 2.45) is 5.92 Å². The molecule has 1 saturated heterocycles. The van der Waals surface area contributed by atoms with E-state index < -0.39 is 7.82 Å². The first-order chi connectivity index (χ1) is 15.3. The van der Waals surface area contributed by atoms with Crippen molar-refractivity contribution in [3.8, 4) is 0 Å². The quantitative estimate of drug-likeness (QED) is 0.106. The summed E-state index contributed by atoms with van der Waals surface area (Å²) in [5, 5.41) is 0. The van der Waals surface area contributed by atoms with E-state index in [4.69, 9.17) is 9.05 Å². The molecular formula is C26H54NO4P. The van der Waals surface area contributed by atoms with Crippen LogP contribution in [0, 0.1) is 5.92 Å². The zero-order valence-electron chi connectivity index (χ0n) is 21.8. The Bertz CT molecular complexity index is 492. The summed E-state index contributed by atoms with van der Waals surface area (Å²) in [6.07, 6.45) is 19.3. The van der Waals surface area contributed by atoms with Crippen molar-refractivity contribution >= 4 is 7.82 Å². The minimum atomic E-state index is -4.17. The molecule has 0 amide bonds. The van der Waals surface area contributed by atoms with Crippen LogP contribution in [0.1, 0.15) is 124 Å². The van der Waals surface area contributed by atoms with Crippen LogP contribution in [0.4, 0.5) is 0 Å². The van der Waals surface area contributed by atoms with Gasteiger partial charge in [0.25, 0.3) is 7.82 Å². The van der Waals surface area contributed by atoms with Gasteiger partial charge in [0.15, 0.2) is 0 Å². The number of nitrogens with zero attached hydrogens (tertiary/aromatic N) is 1. The van der Waals surface area contributed by atoms with E-state index in [2.05, 4.69) is 27.8 Å². The second kappa shape index (κ2) is 17.5. The van der Waals surface area contributed by atoms with Crippen molar-refractivity contribution in [1.29, 1.82) is 0 Å². The normalized spacial score (nSPS) is 23.5. The number of piperidine rings is 1. The molecule has 32 heavy (non-hydrogen) atoms. The molecule has 1 aliphatic heterocycles. The maximum absolute atomic E-state index is 12.2. The van der Waals surface area contributed by atoms with Crippen LogP contribution < -0.4 is 4.89 Å². The molecule has 0 aromatic carbocycles. The summed E-state index contributed by atoms with van der Waals surface area (Å²) in [6, 6.07) is 0. The third kappa shape index (κ3) is 15.8. The molecule has 1 unspecified atom stereocenters. The van der Waals surface area contributed by atoms with Crippen LogP contribution in [-0.4, -0.2) is 43.9 Å². The van der Waals surface area contributed by atoms with E-state index in [1.165, 1.54) is 77.0 Å². The standard InChI is InChI=1S/C26H54NO4P/c1-5-6-7-8-9-10-11-12-13-14-15-16-17-18-23-30-32(28,29)31-26-19-21-27(4,22-20-26)24-25(2)3/h25-26H,5-24H2,1-4H3. The number of likely N-dealkylation sites (tertiary alicyclic amines) is 1. The van der Waals surface area contributed by atoms with Crippen LogP contribution in [-0.2, 0) is 13.6 Å². The third-order valence-electron chi connectivity index (χ3n) is 6.81. The van der Waals surface area contributed by atoms with E-state index >= 15 is 0 Å². The lowest BCUT2D eigenvalue weighted by Crippen LogP contribution is -2.53. The number of hydrogen-bond donors (Lipinski definition) is 0. The van der Waals surface area contributed by atoms with Crippen LogP contribution >= 0.6 is 7.82 Å². The highest BCUT2D eigenvalue weighted by molar-refractivity contribution is 7.45. The average Bonchev–Trinajstić information content (AvgIpc) is 2.72. The molecule has 1 atom stereocenters. The Balaban J connectivity index is 1.94. The molecule has 1 heterocycles. The van der Waals surface area contributed by atoms with E-state index in [0.717, 1.165) is 49.8 Å². The van der Waals surface area contributed by atoms with Gasteiger partial charge in [-0.25, -0.2) is 0 Å². The average molecular weight is 476 g/mol. The topological polar surface area (TPSA) is 58.6 Å². The fourth-order valence-corrected chi connectivity index (χ4v) is 6.01. The maximum atomic E-state index is 12.2. The first-order valence-corrected chi connectivity index (χ1v) is 15.2. The monoisotopic (exact) mass is 475 g/mol. The highest BCUT2D eigenvalue weighted by atomic mass is 31.2. The van der Waals surface area contributed by atoms with Gasteiger partial charge in [-0.1, -0.05) is 104 Å². The molecule has 0 aliphatic carbocycles. The lowest BCUT2D eigenvalue weighted by Gasteiger charge is -2.42. The summed E-state index contributed by atoms with van der Waals surface area (Å²) < 4.78 is 23.7. The van der Waals surface area contributed by atoms with Crippen LogP contribution in [0.15, 0.2) is 0 Å². The number of unbranched alkanes of at least 4 members (excludes halogenated alkanes) is 13. The van der Waals surface area contributed by atoms with Gasteiger partial charge in [-0.2, -0.15) is 0 Å². The van der Waals surface area contributed by atoms with Crippen LogP contribution in [0.3, 0.4) is 0 Å². The van der Waals surface area contributed by atoms with Crippen LogP contribution in [0.2, 0.25) is 0 Å². The molecule has 0 radical (unpaired) electrons. The highest BCUT2D eigenvalue weighted by Gasteiger charge is 2.32. The van der Waals surface area contributed by atoms with Gasteiger partial charge in [0.05, 0.1) is 39.4 Å². The third-order valence-corrected chi connectivity index (χ3v) is 7.87. The van der Waals surface area contributed by atoms with Gasteiger partial charge < -0.3 is 18.4 Å². The maximum Gasteiger partial charge on any atom is 0.268 e. The van der Waals surface area contributed by atoms with E-state index in [1.807, 2.05) is 0 Å². The van der Waals surface area contributed by atoms with E-state index in [0.29, 0.717) is 5.92 Å². The second-order valence-corrected chi connectivity index (χ2v) is 12.2. The summed E-state index contributed by atoms with van der Waals surface area (Å²) in [7, 11) is -1.91. The molecular weight excluding hydrogens is 421 g/mol. The molecule has 0 N–H and O–H groups in total. The Morgan fingerprint density at radius 3 is 1.72 bits per heavy atom. The molecule has 0 spiro atoms. The van der Waals surface area contributed by atoms with Crippen molar-refractivity contribution in [1.82, 2.24) is 0 Å². The molecule has 5 nitrogen and oxygen atoms in total. The smallest absolute Gasteiger partial charge is 0.268 e. The lowest BCUT2D eigenvalue weighted by molar-refractivity contribution is -0.917. The zero-order chi connectivity index (χ0) is 23.7. The minimum Gasteiger partial charge on any atom is -0.756 e. The van der Waals surface area contributed by atoms with Gasteiger partial charge >= 0.3 is 0 Å². The van der Waals surface area contributed by atoms with Gasteiger partial charge in [-0.05, 0) is 6.42 Å². The van der Waals surface area contributed by atoms with Gasteiger partial charge in [0, 0.05) is 18.8 Å². The van der Waals surface area contributed by atoms with Crippen molar-refractivity contribution in [2.75, 3.05) is 33.3 Å².